The first kappa shape index (κ1) is 14.4. The lowest BCUT2D eigenvalue weighted by Crippen LogP contribution is -2.23. The van der Waals surface area contributed by atoms with E-state index in [1.807, 2.05) is 25.1 Å². The smallest absolute Gasteiger partial charge is 0.271 e. The minimum Gasteiger partial charge on any atom is -0.463 e. The van der Waals surface area contributed by atoms with Gasteiger partial charge in [-0.3, -0.25) is 4.79 Å². The zero-order valence-corrected chi connectivity index (χ0v) is 12.7. The standard InChI is InChI=1S/C16H14ClN3O2/c1-2-18-16(21)13-10-14(15-4-3-9-22-15)20(19-13)12-7-5-11(17)6-8-12/h3-10H,2H2,1H3,(H,18,21). The molecule has 0 radical (unpaired) electrons. The molecular weight excluding hydrogens is 302 g/mol. The maximum atomic E-state index is 12.0. The number of amides is 1. The molecule has 2 aromatic heterocycles. The summed E-state index contributed by atoms with van der Waals surface area (Å²) < 4.78 is 7.11. The van der Waals surface area contributed by atoms with Crippen LogP contribution in [0.1, 0.15) is 17.4 Å². The lowest BCUT2D eigenvalue weighted by Gasteiger charge is -2.05. The van der Waals surface area contributed by atoms with Gasteiger partial charge in [0.1, 0.15) is 5.69 Å². The predicted octanol–water partition coefficient (Wildman–Crippen LogP) is 3.54. The van der Waals surface area contributed by atoms with E-state index in [1.54, 1.807) is 35.2 Å². The summed E-state index contributed by atoms with van der Waals surface area (Å²) in [6.07, 6.45) is 1.58. The number of hydrogen-bond acceptors (Lipinski definition) is 3. The fraction of sp³-hybridized carbons (Fsp3) is 0.125. The molecule has 0 spiro atoms. The van der Waals surface area contributed by atoms with E-state index in [-0.39, 0.29) is 5.91 Å². The van der Waals surface area contributed by atoms with Gasteiger partial charge in [-0.25, -0.2) is 4.68 Å². The molecule has 1 amide bonds. The molecule has 3 aromatic rings. The summed E-state index contributed by atoms with van der Waals surface area (Å²) in [6.45, 7) is 2.41. The Morgan fingerprint density at radius 1 is 1.32 bits per heavy atom. The third kappa shape index (κ3) is 2.76. The van der Waals surface area contributed by atoms with Crippen molar-refractivity contribution in [3.8, 4) is 17.1 Å². The summed E-state index contributed by atoms with van der Waals surface area (Å²) >= 11 is 5.92. The van der Waals surface area contributed by atoms with Crippen LogP contribution in [0.25, 0.3) is 17.1 Å². The molecule has 0 bridgehead atoms. The number of halogens is 1. The van der Waals surface area contributed by atoms with Crippen LogP contribution in [0.15, 0.2) is 53.1 Å². The van der Waals surface area contributed by atoms with Crippen LogP contribution in [-0.4, -0.2) is 22.2 Å². The molecule has 0 saturated heterocycles. The molecule has 0 atom stereocenters. The monoisotopic (exact) mass is 315 g/mol. The van der Waals surface area contributed by atoms with Crippen molar-refractivity contribution in [3.05, 3.63) is 59.4 Å². The first-order chi connectivity index (χ1) is 10.7. The van der Waals surface area contributed by atoms with Crippen LogP contribution >= 0.6 is 11.6 Å². The number of rotatable bonds is 4. The van der Waals surface area contributed by atoms with Gasteiger partial charge in [0.15, 0.2) is 11.5 Å². The second kappa shape index (κ2) is 6.07. The van der Waals surface area contributed by atoms with Gasteiger partial charge in [-0.2, -0.15) is 5.10 Å². The van der Waals surface area contributed by atoms with Crippen molar-refractivity contribution in [1.82, 2.24) is 15.1 Å². The molecule has 0 fully saturated rings. The maximum absolute atomic E-state index is 12.0. The summed E-state index contributed by atoms with van der Waals surface area (Å²) in [5.41, 5.74) is 1.84. The predicted molar refractivity (Wildman–Crippen MR) is 84.3 cm³/mol. The molecule has 0 saturated carbocycles. The van der Waals surface area contributed by atoms with Crippen LogP contribution in [0.3, 0.4) is 0 Å². The average Bonchev–Trinajstić information content (AvgIpc) is 3.17. The first-order valence-electron chi connectivity index (χ1n) is 6.87. The lowest BCUT2D eigenvalue weighted by atomic mass is 10.2. The molecule has 6 heteroatoms. The quantitative estimate of drug-likeness (QED) is 0.801. The second-order valence-corrected chi connectivity index (χ2v) is 5.08. The Morgan fingerprint density at radius 2 is 2.09 bits per heavy atom. The highest BCUT2D eigenvalue weighted by Gasteiger charge is 2.17. The summed E-state index contributed by atoms with van der Waals surface area (Å²) in [4.78, 5) is 12.0. The fourth-order valence-corrected chi connectivity index (χ4v) is 2.25. The van der Waals surface area contributed by atoms with E-state index in [2.05, 4.69) is 10.4 Å². The Kier molecular flexibility index (Phi) is 3.98. The Balaban J connectivity index is 2.10. The number of benzene rings is 1. The third-order valence-electron chi connectivity index (χ3n) is 3.12. The Labute approximate surface area is 132 Å². The van der Waals surface area contributed by atoms with Crippen LogP contribution in [0, 0.1) is 0 Å². The van der Waals surface area contributed by atoms with Crippen molar-refractivity contribution in [2.75, 3.05) is 6.54 Å². The zero-order chi connectivity index (χ0) is 15.5. The van der Waals surface area contributed by atoms with Crippen molar-refractivity contribution >= 4 is 17.5 Å². The zero-order valence-electron chi connectivity index (χ0n) is 11.9. The molecule has 0 aliphatic carbocycles. The largest absolute Gasteiger partial charge is 0.463 e. The summed E-state index contributed by atoms with van der Waals surface area (Å²) in [5.74, 6) is 0.418. The second-order valence-electron chi connectivity index (χ2n) is 4.64. The summed E-state index contributed by atoms with van der Waals surface area (Å²) in [6, 6.07) is 12.5. The van der Waals surface area contributed by atoms with E-state index in [9.17, 15) is 4.79 Å². The van der Waals surface area contributed by atoms with Crippen molar-refractivity contribution in [2.24, 2.45) is 0 Å². The van der Waals surface area contributed by atoms with Crippen molar-refractivity contribution in [2.45, 2.75) is 6.92 Å². The van der Waals surface area contributed by atoms with Gasteiger partial charge < -0.3 is 9.73 Å². The third-order valence-corrected chi connectivity index (χ3v) is 3.38. The van der Waals surface area contributed by atoms with Crippen molar-refractivity contribution in [1.29, 1.82) is 0 Å². The van der Waals surface area contributed by atoms with Gasteiger partial charge in [0.2, 0.25) is 0 Å². The molecule has 2 heterocycles. The van der Waals surface area contributed by atoms with Gasteiger partial charge in [0.05, 0.1) is 12.0 Å². The van der Waals surface area contributed by atoms with Gasteiger partial charge in [-0.05, 0) is 43.3 Å². The maximum Gasteiger partial charge on any atom is 0.271 e. The summed E-state index contributed by atoms with van der Waals surface area (Å²) in [5, 5.41) is 7.77. The average molecular weight is 316 g/mol. The number of furan rings is 1. The van der Waals surface area contributed by atoms with Crippen LogP contribution in [0.2, 0.25) is 5.02 Å². The van der Waals surface area contributed by atoms with Crippen molar-refractivity contribution in [3.63, 3.8) is 0 Å². The van der Waals surface area contributed by atoms with Crippen LogP contribution < -0.4 is 5.32 Å². The SMILES string of the molecule is CCNC(=O)c1cc(-c2ccco2)n(-c2ccc(Cl)cc2)n1. The molecule has 3 rings (SSSR count). The van der Waals surface area contributed by atoms with E-state index >= 15 is 0 Å². The van der Waals surface area contributed by atoms with E-state index in [0.29, 0.717) is 28.7 Å². The van der Waals surface area contributed by atoms with Crippen LogP contribution in [-0.2, 0) is 0 Å². The van der Waals surface area contributed by atoms with Crippen molar-refractivity contribution < 1.29 is 9.21 Å². The molecule has 1 aromatic carbocycles. The van der Waals surface area contributed by atoms with Gasteiger partial charge in [-0.1, -0.05) is 11.6 Å². The number of carbonyl (C=O) groups excluding carboxylic acids is 1. The topological polar surface area (TPSA) is 60.1 Å². The first-order valence-corrected chi connectivity index (χ1v) is 7.25. The molecule has 5 nitrogen and oxygen atoms in total. The van der Waals surface area contributed by atoms with Gasteiger partial charge in [0.25, 0.3) is 5.91 Å². The highest BCUT2D eigenvalue weighted by Crippen LogP contribution is 2.25. The number of nitrogens with one attached hydrogen (secondary N) is 1. The highest BCUT2D eigenvalue weighted by atomic mass is 35.5. The molecule has 112 valence electrons. The highest BCUT2D eigenvalue weighted by molar-refractivity contribution is 6.30. The van der Waals surface area contributed by atoms with Gasteiger partial charge in [0, 0.05) is 17.6 Å². The van der Waals surface area contributed by atoms with Crippen LogP contribution in [0.4, 0.5) is 0 Å². The molecule has 0 unspecified atom stereocenters. The van der Waals surface area contributed by atoms with E-state index in [4.69, 9.17) is 16.0 Å². The number of carbonyl (C=O) groups is 1. The number of nitrogens with zero attached hydrogens (tertiary/aromatic N) is 2. The number of hydrogen-bond donors (Lipinski definition) is 1. The fourth-order valence-electron chi connectivity index (χ4n) is 2.12. The number of aromatic nitrogens is 2. The minimum absolute atomic E-state index is 0.219. The molecule has 0 aliphatic rings. The molecular formula is C16H14ClN3O2. The van der Waals surface area contributed by atoms with E-state index < -0.39 is 0 Å². The molecule has 22 heavy (non-hydrogen) atoms. The van der Waals surface area contributed by atoms with E-state index in [0.717, 1.165) is 5.69 Å². The van der Waals surface area contributed by atoms with Gasteiger partial charge in [-0.15, -0.1) is 0 Å². The Bertz CT molecular complexity index is 776. The van der Waals surface area contributed by atoms with E-state index in [1.165, 1.54) is 0 Å². The Hall–Kier alpha value is -2.53. The molecule has 1 N–H and O–H groups in total. The van der Waals surface area contributed by atoms with Crippen LogP contribution in [0.5, 0.6) is 0 Å². The lowest BCUT2D eigenvalue weighted by molar-refractivity contribution is 0.0950. The normalized spacial score (nSPS) is 10.6. The Morgan fingerprint density at radius 3 is 2.73 bits per heavy atom. The minimum atomic E-state index is -0.219. The molecule has 0 aliphatic heterocycles. The van der Waals surface area contributed by atoms with Gasteiger partial charge >= 0.3 is 0 Å². The summed E-state index contributed by atoms with van der Waals surface area (Å²) in [7, 11) is 0.